The summed E-state index contributed by atoms with van der Waals surface area (Å²) in [5, 5.41) is 7.82. The summed E-state index contributed by atoms with van der Waals surface area (Å²) in [5.74, 6) is 0. The van der Waals surface area contributed by atoms with E-state index >= 15 is 0 Å². The fraction of sp³-hybridized carbons (Fsp3) is 0.615. The molecule has 0 radical (unpaired) electrons. The van der Waals surface area contributed by atoms with Gasteiger partial charge in [0.2, 0.25) is 0 Å². The second-order valence-corrected chi connectivity index (χ2v) is 4.31. The number of rotatable bonds is 7. The molecule has 0 aliphatic carbocycles. The van der Waals surface area contributed by atoms with E-state index in [2.05, 4.69) is 37.0 Å². The van der Waals surface area contributed by atoms with Crippen molar-refractivity contribution in [2.75, 3.05) is 0 Å². The zero-order valence-corrected chi connectivity index (χ0v) is 10.6. The van der Waals surface area contributed by atoms with Crippen LogP contribution in [0.25, 0.3) is 0 Å². The quantitative estimate of drug-likeness (QED) is 0.718. The maximum Gasteiger partial charge on any atom is 0.0537 e. The van der Waals surface area contributed by atoms with Gasteiger partial charge < -0.3 is 5.32 Å². The molecule has 3 heteroatoms. The van der Waals surface area contributed by atoms with Gasteiger partial charge in [-0.05, 0) is 26.2 Å². The lowest BCUT2D eigenvalue weighted by atomic mass is 10.1. The molecule has 1 rings (SSSR count). The van der Waals surface area contributed by atoms with Gasteiger partial charge in [0.25, 0.3) is 0 Å². The third kappa shape index (κ3) is 3.81. The van der Waals surface area contributed by atoms with Gasteiger partial charge in [-0.15, -0.1) is 6.58 Å². The van der Waals surface area contributed by atoms with Gasteiger partial charge in [-0.25, -0.2) is 0 Å². The molecule has 0 aromatic carbocycles. The predicted octanol–water partition coefficient (Wildman–Crippen LogP) is 2.82. The Kier molecular flexibility index (Phi) is 5.26. The first kappa shape index (κ1) is 13.0. The molecule has 1 N–H and O–H groups in total. The molecule has 1 aromatic rings. The van der Waals surface area contributed by atoms with Gasteiger partial charge in [-0.3, -0.25) is 4.68 Å². The van der Waals surface area contributed by atoms with E-state index in [9.17, 15) is 0 Å². The monoisotopic (exact) mass is 221 g/mol. The first-order valence-corrected chi connectivity index (χ1v) is 6.02. The van der Waals surface area contributed by atoms with Gasteiger partial charge in [-0.2, -0.15) is 5.10 Å². The molecule has 0 saturated heterocycles. The minimum absolute atomic E-state index is 0.364. The van der Waals surface area contributed by atoms with Crippen LogP contribution < -0.4 is 5.32 Å². The minimum atomic E-state index is 0.364. The minimum Gasteiger partial charge on any atom is -0.307 e. The molecule has 90 valence electrons. The van der Waals surface area contributed by atoms with E-state index in [-0.39, 0.29) is 0 Å². The van der Waals surface area contributed by atoms with Crippen molar-refractivity contribution in [3.63, 3.8) is 0 Å². The zero-order valence-electron chi connectivity index (χ0n) is 10.6. The SMILES string of the molecule is C=CCCC(CC)NC(C)c1cnn(C)c1. The molecule has 1 heterocycles. The Morgan fingerprint density at radius 1 is 1.62 bits per heavy atom. The van der Waals surface area contributed by atoms with Crippen LogP contribution in [0.5, 0.6) is 0 Å². The Morgan fingerprint density at radius 2 is 2.38 bits per heavy atom. The summed E-state index contributed by atoms with van der Waals surface area (Å²) in [6.07, 6.45) is 9.36. The van der Waals surface area contributed by atoms with Crippen molar-refractivity contribution in [1.82, 2.24) is 15.1 Å². The van der Waals surface area contributed by atoms with E-state index < -0.39 is 0 Å². The van der Waals surface area contributed by atoms with Gasteiger partial charge in [0.05, 0.1) is 6.20 Å². The number of allylic oxidation sites excluding steroid dienone is 1. The third-order valence-corrected chi connectivity index (χ3v) is 2.92. The highest BCUT2D eigenvalue weighted by Gasteiger charge is 2.12. The largest absolute Gasteiger partial charge is 0.307 e. The van der Waals surface area contributed by atoms with Crippen LogP contribution in [0.3, 0.4) is 0 Å². The van der Waals surface area contributed by atoms with E-state index in [1.165, 1.54) is 5.56 Å². The van der Waals surface area contributed by atoms with Gasteiger partial charge in [0.15, 0.2) is 0 Å². The second kappa shape index (κ2) is 6.48. The summed E-state index contributed by atoms with van der Waals surface area (Å²) in [6.45, 7) is 8.17. The standard InChI is InChI=1S/C13H23N3/c1-5-7-8-13(6-2)15-11(3)12-9-14-16(4)10-12/h5,9-11,13,15H,1,6-8H2,2-4H3. The zero-order chi connectivity index (χ0) is 12.0. The van der Waals surface area contributed by atoms with E-state index in [0.717, 1.165) is 19.3 Å². The van der Waals surface area contributed by atoms with E-state index in [4.69, 9.17) is 0 Å². The second-order valence-electron chi connectivity index (χ2n) is 4.31. The lowest BCUT2D eigenvalue weighted by molar-refractivity contribution is 0.422. The third-order valence-electron chi connectivity index (χ3n) is 2.92. The molecule has 3 nitrogen and oxygen atoms in total. The van der Waals surface area contributed by atoms with Gasteiger partial charge in [0, 0.05) is 30.9 Å². The van der Waals surface area contributed by atoms with Crippen LogP contribution in [-0.2, 0) is 7.05 Å². The maximum absolute atomic E-state index is 4.19. The Labute approximate surface area is 98.5 Å². The highest BCUT2D eigenvalue weighted by molar-refractivity contribution is 5.09. The number of aromatic nitrogens is 2. The summed E-state index contributed by atoms with van der Waals surface area (Å²) in [7, 11) is 1.95. The fourth-order valence-electron chi connectivity index (χ4n) is 1.84. The average molecular weight is 221 g/mol. The highest BCUT2D eigenvalue weighted by atomic mass is 15.2. The van der Waals surface area contributed by atoms with E-state index in [0.29, 0.717) is 12.1 Å². The van der Waals surface area contributed by atoms with Crippen molar-refractivity contribution in [2.45, 2.75) is 45.2 Å². The summed E-state index contributed by atoms with van der Waals surface area (Å²) in [5.41, 5.74) is 1.25. The summed E-state index contributed by atoms with van der Waals surface area (Å²) in [4.78, 5) is 0. The van der Waals surface area contributed by atoms with Crippen molar-refractivity contribution in [3.05, 3.63) is 30.6 Å². The van der Waals surface area contributed by atoms with Crippen molar-refractivity contribution >= 4 is 0 Å². The van der Waals surface area contributed by atoms with Crippen LogP contribution >= 0.6 is 0 Å². The van der Waals surface area contributed by atoms with Crippen LogP contribution in [0.2, 0.25) is 0 Å². The highest BCUT2D eigenvalue weighted by Crippen LogP contribution is 2.14. The van der Waals surface area contributed by atoms with Crippen LogP contribution in [-0.4, -0.2) is 15.8 Å². The first-order chi connectivity index (χ1) is 7.67. The number of nitrogens with one attached hydrogen (secondary N) is 1. The Morgan fingerprint density at radius 3 is 2.88 bits per heavy atom. The van der Waals surface area contributed by atoms with Gasteiger partial charge in [-0.1, -0.05) is 13.0 Å². The Balaban J connectivity index is 2.47. The van der Waals surface area contributed by atoms with Crippen molar-refractivity contribution in [1.29, 1.82) is 0 Å². The molecule has 0 fully saturated rings. The molecular weight excluding hydrogens is 198 g/mol. The molecule has 0 aliphatic rings. The molecule has 1 aromatic heterocycles. The van der Waals surface area contributed by atoms with Crippen molar-refractivity contribution < 1.29 is 0 Å². The lowest BCUT2D eigenvalue weighted by Crippen LogP contribution is -2.30. The lowest BCUT2D eigenvalue weighted by Gasteiger charge is -2.21. The molecule has 16 heavy (non-hydrogen) atoms. The molecule has 2 atom stereocenters. The summed E-state index contributed by atoms with van der Waals surface area (Å²) >= 11 is 0. The number of hydrogen-bond acceptors (Lipinski definition) is 2. The summed E-state index contributed by atoms with van der Waals surface area (Å²) < 4.78 is 1.85. The number of nitrogens with zero attached hydrogens (tertiary/aromatic N) is 2. The van der Waals surface area contributed by atoms with E-state index in [1.807, 2.05) is 24.0 Å². The molecule has 0 amide bonds. The molecule has 0 bridgehead atoms. The Hall–Kier alpha value is -1.09. The normalized spacial score (nSPS) is 14.7. The molecule has 0 spiro atoms. The van der Waals surface area contributed by atoms with Crippen LogP contribution in [0, 0.1) is 0 Å². The first-order valence-electron chi connectivity index (χ1n) is 6.02. The average Bonchev–Trinajstić information content (AvgIpc) is 2.70. The number of hydrogen-bond donors (Lipinski definition) is 1. The van der Waals surface area contributed by atoms with Gasteiger partial charge >= 0.3 is 0 Å². The Bertz CT molecular complexity index is 317. The van der Waals surface area contributed by atoms with Crippen LogP contribution in [0.4, 0.5) is 0 Å². The molecular formula is C13H23N3. The molecule has 2 unspecified atom stereocenters. The molecule has 0 saturated carbocycles. The smallest absolute Gasteiger partial charge is 0.0537 e. The van der Waals surface area contributed by atoms with Gasteiger partial charge in [0.1, 0.15) is 0 Å². The topological polar surface area (TPSA) is 29.9 Å². The fourth-order valence-corrected chi connectivity index (χ4v) is 1.84. The summed E-state index contributed by atoms with van der Waals surface area (Å²) in [6, 6.07) is 0.927. The van der Waals surface area contributed by atoms with Crippen molar-refractivity contribution in [2.24, 2.45) is 7.05 Å². The van der Waals surface area contributed by atoms with Crippen LogP contribution in [0.1, 0.15) is 44.7 Å². The number of aryl methyl sites for hydroxylation is 1. The molecule has 0 aliphatic heterocycles. The predicted molar refractivity (Wildman–Crippen MR) is 68.3 cm³/mol. The van der Waals surface area contributed by atoms with E-state index in [1.54, 1.807) is 0 Å². The van der Waals surface area contributed by atoms with Crippen LogP contribution in [0.15, 0.2) is 25.0 Å². The maximum atomic E-state index is 4.19. The van der Waals surface area contributed by atoms with Crippen molar-refractivity contribution in [3.8, 4) is 0 Å².